The van der Waals surface area contributed by atoms with E-state index in [0.29, 0.717) is 17.8 Å². The van der Waals surface area contributed by atoms with Gasteiger partial charge in [-0.05, 0) is 24.3 Å². The minimum Gasteiger partial charge on any atom is -0.411 e. The van der Waals surface area contributed by atoms with Crippen molar-refractivity contribution in [2.45, 2.75) is 6.54 Å². The molecule has 6 nitrogen and oxygen atoms in total. The summed E-state index contributed by atoms with van der Waals surface area (Å²) in [5.41, 5.74) is 1.70. The Morgan fingerprint density at radius 3 is 2.84 bits per heavy atom. The molecule has 19 heavy (non-hydrogen) atoms. The van der Waals surface area contributed by atoms with Gasteiger partial charge in [0.2, 0.25) is 0 Å². The number of carbonyl (C=O) groups is 1. The molecule has 1 amide bonds. The third kappa shape index (κ3) is 3.60. The van der Waals surface area contributed by atoms with Crippen molar-refractivity contribution < 1.29 is 10.0 Å². The van der Waals surface area contributed by atoms with Gasteiger partial charge in [-0.1, -0.05) is 11.2 Å². The van der Waals surface area contributed by atoms with E-state index in [2.05, 4.69) is 20.4 Å². The fourth-order valence-corrected chi connectivity index (χ4v) is 1.45. The van der Waals surface area contributed by atoms with E-state index in [9.17, 15) is 4.79 Å². The number of pyridine rings is 2. The van der Waals surface area contributed by atoms with Crippen LogP contribution < -0.4 is 5.32 Å². The van der Waals surface area contributed by atoms with Gasteiger partial charge in [0, 0.05) is 12.4 Å². The van der Waals surface area contributed by atoms with Crippen LogP contribution in [0.4, 0.5) is 0 Å². The van der Waals surface area contributed by atoms with Gasteiger partial charge < -0.3 is 10.5 Å². The number of rotatable bonds is 4. The van der Waals surface area contributed by atoms with Gasteiger partial charge in [-0.3, -0.25) is 14.8 Å². The van der Waals surface area contributed by atoms with Crippen LogP contribution in [0.15, 0.2) is 47.9 Å². The number of nitrogens with one attached hydrogen (secondary N) is 1. The van der Waals surface area contributed by atoms with Crippen molar-refractivity contribution in [2.75, 3.05) is 0 Å². The molecule has 96 valence electrons. The van der Waals surface area contributed by atoms with Gasteiger partial charge in [0.15, 0.2) is 0 Å². The Kier molecular flexibility index (Phi) is 4.17. The van der Waals surface area contributed by atoms with E-state index in [1.54, 1.807) is 18.3 Å². The summed E-state index contributed by atoms with van der Waals surface area (Å²) in [6.45, 7) is 0.361. The molecule has 0 bridgehead atoms. The first-order valence-corrected chi connectivity index (χ1v) is 5.61. The maximum Gasteiger partial charge on any atom is 0.253 e. The van der Waals surface area contributed by atoms with Crippen LogP contribution in [0, 0.1) is 0 Å². The smallest absolute Gasteiger partial charge is 0.253 e. The van der Waals surface area contributed by atoms with Crippen LogP contribution in [0.3, 0.4) is 0 Å². The van der Waals surface area contributed by atoms with Crippen LogP contribution in [-0.2, 0) is 6.54 Å². The zero-order valence-corrected chi connectivity index (χ0v) is 10.0. The quantitative estimate of drug-likeness (QED) is 0.489. The van der Waals surface area contributed by atoms with Crippen molar-refractivity contribution in [3.8, 4) is 0 Å². The second-order valence-corrected chi connectivity index (χ2v) is 3.72. The van der Waals surface area contributed by atoms with Crippen molar-refractivity contribution >= 4 is 12.1 Å². The molecule has 2 aromatic heterocycles. The second-order valence-electron chi connectivity index (χ2n) is 3.72. The van der Waals surface area contributed by atoms with Gasteiger partial charge in [0.25, 0.3) is 5.91 Å². The van der Waals surface area contributed by atoms with E-state index in [4.69, 9.17) is 5.21 Å². The molecule has 0 aliphatic rings. The van der Waals surface area contributed by atoms with Crippen molar-refractivity contribution in [3.05, 3.63) is 59.7 Å². The van der Waals surface area contributed by atoms with E-state index in [1.807, 2.05) is 18.2 Å². The highest BCUT2D eigenvalue weighted by Gasteiger charge is 2.05. The van der Waals surface area contributed by atoms with Gasteiger partial charge in [0.05, 0.1) is 29.7 Å². The monoisotopic (exact) mass is 256 g/mol. The van der Waals surface area contributed by atoms with Crippen LogP contribution >= 0.6 is 0 Å². The molecular weight excluding hydrogens is 244 g/mol. The van der Waals surface area contributed by atoms with Crippen LogP contribution in [0.2, 0.25) is 0 Å². The lowest BCUT2D eigenvalue weighted by atomic mass is 10.2. The molecule has 2 aromatic rings. The largest absolute Gasteiger partial charge is 0.411 e. The lowest BCUT2D eigenvalue weighted by Gasteiger charge is -2.04. The highest BCUT2D eigenvalue weighted by Crippen LogP contribution is 2.00. The summed E-state index contributed by atoms with van der Waals surface area (Å²) in [6, 6.07) is 8.71. The summed E-state index contributed by atoms with van der Waals surface area (Å²) in [4.78, 5) is 19.9. The van der Waals surface area contributed by atoms with Crippen LogP contribution in [-0.4, -0.2) is 27.3 Å². The summed E-state index contributed by atoms with van der Waals surface area (Å²) in [6.07, 6.45) is 4.28. The molecule has 0 spiro atoms. The molecule has 0 saturated heterocycles. The number of aromatic nitrogens is 2. The van der Waals surface area contributed by atoms with Crippen molar-refractivity contribution in [1.29, 1.82) is 0 Å². The fraction of sp³-hybridized carbons (Fsp3) is 0.0769. The Hall–Kier alpha value is -2.76. The highest BCUT2D eigenvalue weighted by molar-refractivity contribution is 5.94. The predicted octanol–water partition coefficient (Wildman–Crippen LogP) is 1.21. The molecule has 2 N–H and O–H groups in total. The lowest BCUT2D eigenvalue weighted by Crippen LogP contribution is -2.23. The standard InChI is InChI=1S/C13H12N4O2/c18-13(16-8-11-3-1-2-6-14-11)10-4-5-12(9-17-19)15-7-10/h1-7,9,19H,8H2,(H,16,18)/b17-9-. The van der Waals surface area contributed by atoms with Gasteiger partial charge in [-0.2, -0.15) is 0 Å². The number of carbonyl (C=O) groups excluding carboxylic acids is 1. The maximum atomic E-state index is 11.8. The molecule has 6 heteroatoms. The topological polar surface area (TPSA) is 87.5 Å². The van der Waals surface area contributed by atoms with Gasteiger partial charge in [-0.15, -0.1) is 0 Å². The fourth-order valence-electron chi connectivity index (χ4n) is 1.45. The number of hydrogen-bond acceptors (Lipinski definition) is 5. The summed E-state index contributed by atoms with van der Waals surface area (Å²) >= 11 is 0. The van der Waals surface area contributed by atoms with Gasteiger partial charge in [0.1, 0.15) is 0 Å². The van der Waals surface area contributed by atoms with Crippen molar-refractivity contribution in [1.82, 2.24) is 15.3 Å². The summed E-state index contributed by atoms with van der Waals surface area (Å²) in [7, 11) is 0. The van der Waals surface area contributed by atoms with E-state index in [0.717, 1.165) is 5.69 Å². The molecule has 0 radical (unpaired) electrons. The third-order valence-corrected chi connectivity index (χ3v) is 2.39. The molecule has 0 saturated carbocycles. The summed E-state index contributed by atoms with van der Waals surface area (Å²) in [5.74, 6) is -0.231. The van der Waals surface area contributed by atoms with Crippen molar-refractivity contribution in [2.24, 2.45) is 5.16 Å². The Balaban J connectivity index is 1.96. The van der Waals surface area contributed by atoms with E-state index in [-0.39, 0.29) is 5.91 Å². The minimum atomic E-state index is -0.231. The molecule has 0 aliphatic carbocycles. The van der Waals surface area contributed by atoms with E-state index >= 15 is 0 Å². The molecule has 0 aromatic carbocycles. The molecule has 0 aliphatic heterocycles. The Bertz CT molecular complexity index is 567. The number of nitrogens with zero attached hydrogens (tertiary/aromatic N) is 3. The Labute approximate surface area is 109 Å². The average Bonchev–Trinajstić information content (AvgIpc) is 2.47. The van der Waals surface area contributed by atoms with E-state index in [1.165, 1.54) is 12.4 Å². The summed E-state index contributed by atoms with van der Waals surface area (Å²) in [5, 5.41) is 14.0. The average molecular weight is 256 g/mol. The first-order chi connectivity index (χ1) is 9.29. The van der Waals surface area contributed by atoms with Crippen LogP contribution in [0.25, 0.3) is 0 Å². The molecule has 2 heterocycles. The van der Waals surface area contributed by atoms with Crippen molar-refractivity contribution in [3.63, 3.8) is 0 Å². The molecule has 0 fully saturated rings. The van der Waals surface area contributed by atoms with Gasteiger partial charge in [-0.25, -0.2) is 0 Å². The number of oxime groups is 1. The highest BCUT2D eigenvalue weighted by atomic mass is 16.4. The number of hydrogen-bond donors (Lipinski definition) is 2. The number of amides is 1. The Morgan fingerprint density at radius 1 is 1.32 bits per heavy atom. The maximum absolute atomic E-state index is 11.8. The molecule has 2 rings (SSSR count). The summed E-state index contributed by atoms with van der Waals surface area (Å²) < 4.78 is 0. The van der Waals surface area contributed by atoms with Crippen LogP contribution in [0.5, 0.6) is 0 Å². The lowest BCUT2D eigenvalue weighted by molar-refractivity contribution is 0.0950. The first kappa shape index (κ1) is 12.7. The predicted molar refractivity (Wildman–Crippen MR) is 69.0 cm³/mol. The van der Waals surface area contributed by atoms with Gasteiger partial charge >= 0.3 is 0 Å². The molecule has 0 atom stereocenters. The van der Waals surface area contributed by atoms with E-state index < -0.39 is 0 Å². The molecular formula is C13H12N4O2. The SMILES string of the molecule is O=C(NCc1ccccn1)c1ccc(/C=N\O)nc1. The zero-order chi connectivity index (χ0) is 13.5. The second kappa shape index (κ2) is 6.25. The molecule has 0 unspecified atom stereocenters. The third-order valence-electron chi connectivity index (χ3n) is 2.39. The first-order valence-electron chi connectivity index (χ1n) is 5.61. The zero-order valence-electron chi connectivity index (χ0n) is 10.0. The minimum absolute atomic E-state index is 0.231. The Morgan fingerprint density at radius 2 is 2.21 bits per heavy atom. The normalized spacial score (nSPS) is 10.5. The van der Waals surface area contributed by atoms with Crippen LogP contribution in [0.1, 0.15) is 21.7 Å².